The number of nitrogens with zero attached hydrogens (tertiary/aromatic N) is 2. The predicted molar refractivity (Wildman–Crippen MR) is 72.8 cm³/mol. The van der Waals surface area contributed by atoms with Gasteiger partial charge < -0.3 is 15.0 Å². The molecule has 1 aromatic carbocycles. The van der Waals surface area contributed by atoms with Crippen LogP contribution in [0.1, 0.15) is 25.8 Å². The van der Waals surface area contributed by atoms with Crippen molar-refractivity contribution in [2.75, 3.05) is 12.3 Å². The van der Waals surface area contributed by atoms with Gasteiger partial charge >= 0.3 is 0 Å². The highest BCUT2D eigenvalue weighted by Crippen LogP contribution is 2.31. The molecule has 2 unspecified atom stereocenters. The van der Waals surface area contributed by atoms with Crippen LogP contribution >= 0.6 is 11.6 Å². The van der Waals surface area contributed by atoms with E-state index in [9.17, 15) is 4.39 Å². The highest BCUT2D eigenvalue weighted by Gasteiger charge is 2.26. The monoisotopic (exact) mass is 283 g/mol. The number of benzene rings is 1. The van der Waals surface area contributed by atoms with Gasteiger partial charge in [-0.2, -0.15) is 0 Å². The lowest BCUT2D eigenvalue weighted by Crippen LogP contribution is -2.22. The Hall–Kier alpha value is -1.33. The Morgan fingerprint density at radius 2 is 2.37 bits per heavy atom. The Kier molecular flexibility index (Phi) is 3.11. The standard InChI is InChI=1S/C13H15ClFN3O/c1-7(12-3-2-4-19-12)18-11-6-9(15)8(14)5-10(11)17-13(18)16/h5-7,12H,2-4H2,1H3,(H2,16,17). The van der Waals surface area contributed by atoms with Crippen molar-refractivity contribution in [1.82, 2.24) is 9.55 Å². The molecule has 2 heterocycles. The van der Waals surface area contributed by atoms with Crippen molar-refractivity contribution in [2.24, 2.45) is 0 Å². The van der Waals surface area contributed by atoms with E-state index in [2.05, 4.69) is 4.98 Å². The van der Waals surface area contributed by atoms with Crippen LogP contribution in [0.3, 0.4) is 0 Å². The van der Waals surface area contributed by atoms with E-state index in [4.69, 9.17) is 22.1 Å². The first kappa shape index (κ1) is 12.7. The van der Waals surface area contributed by atoms with E-state index < -0.39 is 5.82 Å². The van der Waals surface area contributed by atoms with Crippen LogP contribution in [0.25, 0.3) is 11.0 Å². The number of halogens is 2. The molecule has 4 nitrogen and oxygen atoms in total. The summed E-state index contributed by atoms with van der Waals surface area (Å²) in [7, 11) is 0. The van der Waals surface area contributed by atoms with E-state index in [1.54, 1.807) is 0 Å². The van der Waals surface area contributed by atoms with Gasteiger partial charge in [0, 0.05) is 12.7 Å². The Labute approximate surface area is 115 Å². The maximum absolute atomic E-state index is 13.6. The molecule has 1 fully saturated rings. The molecular weight excluding hydrogens is 269 g/mol. The number of ether oxygens (including phenoxy) is 1. The van der Waals surface area contributed by atoms with Crippen molar-refractivity contribution in [3.05, 3.63) is 23.0 Å². The van der Waals surface area contributed by atoms with Crippen molar-refractivity contribution < 1.29 is 9.13 Å². The molecule has 102 valence electrons. The van der Waals surface area contributed by atoms with Gasteiger partial charge in [0.05, 0.1) is 28.2 Å². The van der Waals surface area contributed by atoms with Crippen LogP contribution in [-0.4, -0.2) is 22.3 Å². The first-order valence-electron chi connectivity index (χ1n) is 6.32. The molecule has 0 amide bonds. The van der Waals surface area contributed by atoms with E-state index >= 15 is 0 Å². The van der Waals surface area contributed by atoms with E-state index in [0.717, 1.165) is 19.4 Å². The fourth-order valence-electron chi connectivity index (χ4n) is 2.69. The number of aromatic nitrogens is 2. The third kappa shape index (κ3) is 2.07. The molecule has 0 spiro atoms. The summed E-state index contributed by atoms with van der Waals surface area (Å²) in [5, 5.41) is 0.0573. The predicted octanol–water partition coefficient (Wildman–Crippen LogP) is 3.15. The highest BCUT2D eigenvalue weighted by atomic mass is 35.5. The highest BCUT2D eigenvalue weighted by molar-refractivity contribution is 6.31. The van der Waals surface area contributed by atoms with Crippen LogP contribution < -0.4 is 5.73 Å². The van der Waals surface area contributed by atoms with Crippen LogP contribution in [0.15, 0.2) is 12.1 Å². The van der Waals surface area contributed by atoms with Crippen molar-refractivity contribution in [2.45, 2.75) is 31.9 Å². The zero-order valence-corrected chi connectivity index (χ0v) is 11.3. The second-order valence-corrected chi connectivity index (χ2v) is 5.29. The third-order valence-electron chi connectivity index (χ3n) is 3.67. The molecule has 1 aliphatic heterocycles. The summed E-state index contributed by atoms with van der Waals surface area (Å²) in [6.45, 7) is 2.78. The normalized spacial score (nSPS) is 21.1. The Morgan fingerprint density at radius 3 is 3.05 bits per heavy atom. The van der Waals surface area contributed by atoms with Gasteiger partial charge in [-0.05, 0) is 25.8 Å². The average Bonchev–Trinajstić information content (AvgIpc) is 2.97. The quantitative estimate of drug-likeness (QED) is 0.921. The molecule has 2 aromatic rings. The largest absolute Gasteiger partial charge is 0.376 e. The average molecular weight is 284 g/mol. The second-order valence-electron chi connectivity index (χ2n) is 4.89. The second kappa shape index (κ2) is 4.65. The molecule has 0 bridgehead atoms. The number of imidazole rings is 1. The smallest absolute Gasteiger partial charge is 0.201 e. The zero-order valence-electron chi connectivity index (χ0n) is 10.6. The van der Waals surface area contributed by atoms with E-state index in [0.29, 0.717) is 17.0 Å². The summed E-state index contributed by atoms with van der Waals surface area (Å²) in [4.78, 5) is 4.24. The van der Waals surface area contributed by atoms with Gasteiger partial charge in [0.15, 0.2) is 0 Å². The molecular formula is C13H15ClFN3O. The molecule has 2 N–H and O–H groups in total. The van der Waals surface area contributed by atoms with Crippen molar-refractivity contribution >= 4 is 28.6 Å². The number of fused-ring (bicyclic) bond motifs is 1. The first-order valence-corrected chi connectivity index (χ1v) is 6.70. The minimum atomic E-state index is -0.463. The Morgan fingerprint density at radius 1 is 1.58 bits per heavy atom. The molecule has 0 saturated carbocycles. The number of hydrogen-bond acceptors (Lipinski definition) is 3. The molecule has 19 heavy (non-hydrogen) atoms. The van der Waals surface area contributed by atoms with Gasteiger partial charge in [0.1, 0.15) is 5.82 Å². The van der Waals surface area contributed by atoms with Crippen LogP contribution in [0.4, 0.5) is 10.3 Å². The summed E-state index contributed by atoms with van der Waals surface area (Å²) in [5.74, 6) is -0.102. The van der Waals surface area contributed by atoms with Crippen molar-refractivity contribution in [3.8, 4) is 0 Å². The lowest BCUT2D eigenvalue weighted by Gasteiger charge is -2.21. The van der Waals surface area contributed by atoms with Gasteiger partial charge in [-0.25, -0.2) is 9.37 Å². The number of hydrogen-bond donors (Lipinski definition) is 1. The van der Waals surface area contributed by atoms with E-state index in [1.165, 1.54) is 12.1 Å². The summed E-state index contributed by atoms with van der Waals surface area (Å²) in [5.41, 5.74) is 7.21. The molecule has 1 saturated heterocycles. The topological polar surface area (TPSA) is 53.1 Å². The van der Waals surface area contributed by atoms with Crippen LogP contribution in [0.2, 0.25) is 5.02 Å². The first-order chi connectivity index (χ1) is 9.08. The summed E-state index contributed by atoms with van der Waals surface area (Å²) >= 11 is 5.77. The summed E-state index contributed by atoms with van der Waals surface area (Å²) in [6.07, 6.45) is 2.12. The number of anilines is 1. The van der Waals surface area contributed by atoms with E-state index in [1.807, 2.05) is 11.5 Å². The lowest BCUT2D eigenvalue weighted by atomic mass is 10.1. The van der Waals surface area contributed by atoms with Crippen molar-refractivity contribution in [1.29, 1.82) is 0 Å². The summed E-state index contributed by atoms with van der Waals surface area (Å²) in [6, 6.07) is 2.90. The van der Waals surface area contributed by atoms with Crippen molar-refractivity contribution in [3.63, 3.8) is 0 Å². The molecule has 0 aliphatic carbocycles. The maximum Gasteiger partial charge on any atom is 0.201 e. The molecule has 3 rings (SSSR count). The van der Waals surface area contributed by atoms with Crippen LogP contribution in [0.5, 0.6) is 0 Å². The molecule has 2 atom stereocenters. The molecule has 6 heteroatoms. The van der Waals surface area contributed by atoms with Gasteiger partial charge in [-0.1, -0.05) is 11.6 Å². The number of rotatable bonds is 2. The third-order valence-corrected chi connectivity index (χ3v) is 3.96. The zero-order chi connectivity index (χ0) is 13.6. The minimum absolute atomic E-state index is 0.0214. The molecule has 1 aromatic heterocycles. The van der Waals surface area contributed by atoms with Crippen LogP contribution in [-0.2, 0) is 4.74 Å². The molecule has 1 aliphatic rings. The van der Waals surface area contributed by atoms with Gasteiger partial charge in [0.25, 0.3) is 0 Å². The van der Waals surface area contributed by atoms with Gasteiger partial charge in [-0.15, -0.1) is 0 Å². The minimum Gasteiger partial charge on any atom is -0.376 e. The maximum atomic E-state index is 13.6. The summed E-state index contributed by atoms with van der Waals surface area (Å²) < 4.78 is 21.1. The molecule has 0 radical (unpaired) electrons. The lowest BCUT2D eigenvalue weighted by molar-refractivity contribution is 0.0751. The van der Waals surface area contributed by atoms with Gasteiger partial charge in [-0.3, -0.25) is 0 Å². The Bertz CT molecular complexity index is 622. The number of nitrogen functional groups attached to an aromatic ring is 1. The van der Waals surface area contributed by atoms with E-state index in [-0.39, 0.29) is 17.2 Å². The fraction of sp³-hybridized carbons (Fsp3) is 0.462. The SMILES string of the molecule is CC(C1CCCO1)n1c(N)nc2cc(Cl)c(F)cc21. The van der Waals surface area contributed by atoms with Crippen LogP contribution in [0, 0.1) is 5.82 Å². The van der Waals surface area contributed by atoms with Gasteiger partial charge in [0.2, 0.25) is 5.95 Å². The Balaban J connectivity index is 2.11. The number of nitrogens with two attached hydrogens (primary N) is 1. The fourth-order valence-corrected chi connectivity index (χ4v) is 2.84.